The molecule has 4 rings (SSSR count). The van der Waals surface area contributed by atoms with Gasteiger partial charge in [-0.15, -0.1) is 0 Å². The lowest BCUT2D eigenvalue weighted by Gasteiger charge is -2.43. The van der Waals surface area contributed by atoms with Gasteiger partial charge in [0.05, 0.1) is 36.7 Å². The normalized spacial score (nSPS) is 24.1. The first kappa shape index (κ1) is 16.8. The Balaban J connectivity index is 1.65. The van der Waals surface area contributed by atoms with E-state index in [4.69, 9.17) is 16.3 Å². The van der Waals surface area contributed by atoms with Gasteiger partial charge in [0.25, 0.3) is 0 Å². The maximum Gasteiger partial charge on any atom is 0.128 e. The standard InChI is InChI=1S/C18H23ClN4O2/c1-21-16(18(24)22-8-10-25-11-9-22)6-5-14(19)17(21)13-12-20-23-7-3-2-4-15(13)23/h2-4,7,12,16,18,24H,5-6,8-11H2,1H3. The quantitative estimate of drug-likeness (QED) is 0.905. The molecule has 7 heteroatoms. The molecule has 2 aromatic heterocycles. The van der Waals surface area contributed by atoms with E-state index in [0.717, 1.165) is 47.7 Å². The summed E-state index contributed by atoms with van der Waals surface area (Å²) in [5, 5.41) is 16.2. The van der Waals surface area contributed by atoms with Gasteiger partial charge in [-0.05, 0) is 25.0 Å². The zero-order valence-electron chi connectivity index (χ0n) is 14.3. The molecule has 2 atom stereocenters. The average Bonchev–Trinajstić information content (AvgIpc) is 3.06. The van der Waals surface area contributed by atoms with Crippen molar-refractivity contribution in [2.75, 3.05) is 33.4 Å². The fourth-order valence-electron chi connectivity index (χ4n) is 3.83. The molecular formula is C18H23ClN4O2. The van der Waals surface area contributed by atoms with Gasteiger partial charge in [-0.2, -0.15) is 5.10 Å². The summed E-state index contributed by atoms with van der Waals surface area (Å²) in [6, 6.07) is 5.98. The van der Waals surface area contributed by atoms with Gasteiger partial charge >= 0.3 is 0 Å². The zero-order valence-corrected chi connectivity index (χ0v) is 15.1. The Labute approximate surface area is 152 Å². The van der Waals surface area contributed by atoms with Gasteiger partial charge in [-0.1, -0.05) is 17.7 Å². The van der Waals surface area contributed by atoms with E-state index in [1.807, 2.05) is 42.2 Å². The minimum absolute atomic E-state index is 0.00531. The van der Waals surface area contributed by atoms with E-state index in [0.29, 0.717) is 13.2 Å². The number of ether oxygens (including phenoxy) is 1. The van der Waals surface area contributed by atoms with Crippen LogP contribution in [0.1, 0.15) is 18.4 Å². The first-order chi connectivity index (χ1) is 12.2. The molecule has 2 aromatic rings. The van der Waals surface area contributed by atoms with Crippen molar-refractivity contribution in [2.45, 2.75) is 25.1 Å². The summed E-state index contributed by atoms with van der Waals surface area (Å²) in [5.41, 5.74) is 2.99. The molecule has 6 nitrogen and oxygen atoms in total. The number of morpholine rings is 1. The van der Waals surface area contributed by atoms with E-state index in [1.165, 1.54) is 0 Å². The zero-order chi connectivity index (χ0) is 17.4. The predicted molar refractivity (Wildman–Crippen MR) is 97.1 cm³/mol. The van der Waals surface area contributed by atoms with Gasteiger partial charge in [0.1, 0.15) is 6.23 Å². The number of aliphatic hydroxyl groups excluding tert-OH is 1. The molecule has 0 aliphatic carbocycles. The van der Waals surface area contributed by atoms with Crippen molar-refractivity contribution in [1.29, 1.82) is 0 Å². The lowest BCUT2D eigenvalue weighted by atomic mass is 9.98. The molecule has 1 fully saturated rings. The van der Waals surface area contributed by atoms with Crippen molar-refractivity contribution in [2.24, 2.45) is 0 Å². The van der Waals surface area contributed by atoms with E-state index in [-0.39, 0.29) is 6.04 Å². The van der Waals surface area contributed by atoms with Gasteiger partial charge in [-0.3, -0.25) is 4.90 Å². The van der Waals surface area contributed by atoms with Crippen LogP contribution in [0.3, 0.4) is 0 Å². The number of rotatable bonds is 3. The summed E-state index contributed by atoms with van der Waals surface area (Å²) in [4.78, 5) is 4.22. The van der Waals surface area contributed by atoms with Crippen LogP contribution in [-0.4, -0.2) is 70.1 Å². The molecule has 1 saturated heterocycles. The Morgan fingerprint density at radius 2 is 2.12 bits per heavy atom. The molecule has 2 aliphatic rings. The molecule has 0 spiro atoms. The third-order valence-corrected chi connectivity index (χ3v) is 5.58. The second-order valence-corrected chi connectivity index (χ2v) is 7.08. The molecule has 0 radical (unpaired) electrons. The Morgan fingerprint density at radius 1 is 1.32 bits per heavy atom. The molecule has 0 bridgehead atoms. The lowest BCUT2D eigenvalue weighted by Crippen LogP contribution is -2.54. The van der Waals surface area contributed by atoms with Crippen LogP contribution < -0.4 is 0 Å². The van der Waals surface area contributed by atoms with Crippen molar-refractivity contribution in [3.8, 4) is 0 Å². The average molecular weight is 363 g/mol. The monoisotopic (exact) mass is 362 g/mol. The number of halogens is 1. The highest BCUT2D eigenvalue weighted by Gasteiger charge is 2.35. The van der Waals surface area contributed by atoms with E-state index in [1.54, 1.807) is 0 Å². The maximum atomic E-state index is 10.9. The van der Waals surface area contributed by atoms with Crippen LogP contribution in [0.15, 0.2) is 35.6 Å². The maximum absolute atomic E-state index is 10.9. The molecule has 1 N–H and O–H groups in total. The molecule has 2 unspecified atom stereocenters. The van der Waals surface area contributed by atoms with Gasteiger partial charge in [0, 0.05) is 36.9 Å². The third kappa shape index (κ3) is 3.04. The summed E-state index contributed by atoms with van der Waals surface area (Å²) in [6.07, 6.45) is 4.84. The van der Waals surface area contributed by atoms with Crippen molar-refractivity contribution in [3.63, 3.8) is 0 Å². The SMILES string of the molecule is CN1C(c2cnn3ccccc23)=C(Cl)CCC1C(O)N1CCOCC1. The number of aliphatic hydroxyl groups is 1. The van der Waals surface area contributed by atoms with Crippen LogP contribution in [0.2, 0.25) is 0 Å². The molecule has 4 heterocycles. The Morgan fingerprint density at radius 3 is 2.92 bits per heavy atom. The van der Waals surface area contributed by atoms with Crippen molar-refractivity contribution >= 4 is 22.8 Å². The number of pyridine rings is 1. The summed E-state index contributed by atoms with van der Waals surface area (Å²) in [7, 11) is 2.01. The molecule has 0 aromatic carbocycles. The van der Waals surface area contributed by atoms with Crippen LogP contribution >= 0.6 is 11.6 Å². The van der Waals surface area contributed by atoms with Crippen LogP contribution in [0.4, 0.5) is 0 Å². The Kier molecular flexibility index (Phi) is 4.69. The fraction of sp³-hybridized carbons (Fsp3) is 0.500. The number of fused-ring (bicyclic) bond motifs is 1. The minimum Gasteiger partial charge on any atom is -0.379 e. The van der Waals surface area contributed by atoms with E-state index >= 15 is 0 Å². The number of aromatic nitrogens is 2. The molecule has 25 heavy (non-hydrogen) atoms. The van der Waals surface area contributed by atoms with Crippen molar-refractivity contribution < 1.29 is 9.84 Å². The molecule has 134 valence electrons. The van der Waals surface area contributed by atoms with E-state index < -0.39 is 6.23 Å². The first-order valence-electron chi connectivity index (χ1n) is 8.71. The largest absolute Gasteiger partial charge is 0.379 e. The van der Waals surface area contributed by atoms with E-state index in [9.17, 15) is 5.11 Å². The number of likely N-dealkylation sites (N-methyl/N-ethyl adjacent to an activating group) is 1. The highest BCUT2D eigenvalue weighted by Crippen LogP contribution is 2.37. The fourth-order valence-corrected chi connectivity index (χ4v) is 4.18. The van der Waals surface area contributed by atoms with Crippen molar-refractivity contribution in [3.05, 3.63) is 41.2 Å². The first-order valence-corrected chi connectivity index (χ1v) is 9.08. The molecule has 0 amide bonds. The molecule has 2 aliphatic heterocycles. The van der Waals surface area contributed by atoms with Crippen LogP contribution in [0.5, 0.6) is 0 Å². The van der Waals surface area contributed by atoms with Crippen LogP contribution in [0, 0.1) is 0 Å². The highest BCUT2D eigenvalue weighted by molar-refractivity contribution is 6.32. The number of allylic oxidation sites excluding steroid dienone is 1. The van der Waals surface area contributed by atoms with Crippen LogP contribution in [-0.2, 0) is 4.74 Å². The second kappa shape index (κ2) is 6.96. The summed E-state index contributed by atoms with van der Waals surface area (Å²) in [6.45, 7) is 2.86. The van der Waals surface area contributed by atoms with Gasteiger partial charge in [0.2, 0.25) is 0 Å². The summed E-state index contributed by atoms with van der Waals surface area (Å²) in [5.74, 6) is 0. The highest BCUT2D eigenvalue weighted by atomic mass is 35.5. The molecular weight excluding hydrogens is 340 g/mol. The van der Waals surface area contributed by atoms with Gasteiger partial charge < -0.3 is 14.7 Å². The van der Waals surface area contributed by atoms with Crippen LogP contribution in [0.25, 0.3) is 11.2 Å². The molecule has 0 saturated carbocycles. The Bertz CT molecular complexity index is 784. The topological polar surface area (TPSA) is 53.2 Å². The third-order valence-electron chi connectivity index (χ3n) is 5.21. The summed E-state index contributed by atoms with van der Waals surface area (Å²) < 4.78 is 7.25. The second-order valence-electron chi connectivity index (χ2n) is 6.62. The minimum atomic E-state index is -0.532. The smallest absolute Gasteiger partial charge is 0.128 e. The predicted octanol–water partition coefficient (Wildman–Crippen LogP) is 1.99. The Hall–Kier alpha value is -1.60. The number of hydrogen-bond donors (Lipinski definition) is 1. The van der Waals surface area contributed by atoms with Crippen molar-refractivity contribution in [1.82, 2.24) is 19.4 Å². The van der Waals surface area contributed by atoms with Gasteiger partial charge in [-0.25, -0.2) is 4.52 Å². The number of hydrogen-bond acceptors (Lipinski definition) is 5. The number of nitrogens with zero attached hydrogens (tertiary/aromatic N) is 4. The lowest BCUT2D eigenvalue weighted by molar-refractivity contribution is -0.0891. The van der Waals surface area contributed by atoms with E-state index in [2.05, 4.69) is 14.9 Å². The van der Waals surface area contributed by atoms with Gasteiger partial charge in [0.15, 0.2) is 0 Å². The summed E-state index contributed by atoms with van der Waals surface area (Å²) >= 11 is 6.61.